The van der Waals surface area contributed by atoms with Crippen LogP contribution in [0.15, 0.2) is 53.5 Å². The molecule has 2 aliphatic heterocycles. The van der Waals surface area contributed by atoms with Crippen LogP contribution in [0.3, 0.4) is 0 Å². The Morgan fingerprint density at radius 1 is 0.586 bits per heavy atom. The van der Waals surface area contributed by atoms with E-state index < -0.39 is 11.9 Å². The highest BCUT2D eigenvalue weighted by Crippen LogP contribution is 2.33. The van der Waals surface area contributed by atoms with Crippen LogP contribution in [0, 0.1) is 0 Å². The lowest BCUT2D eigenvalue weighted by atomic mass is 9.90. The van der Waals surface area contributed by atoms with Crippen LogP contribution in [0.4, 0.5) is 0 Å². The first-order valence-electron chi connectivity index (χ1n) is 24.7. The van der Waals surface area contributed by atoms with E-state index in [1.54, 1.807) is 27.2 Å². The number of hydrogen-bond acceptors (Lipinski definition) is 12. The summed E-state index contributed by atoms with van der Waals surface area (Å²) in [6, 6.07) is 7.02. The first-order valence-corrected chi connectivity index (χ1v) is 24.7. The maximum Gasteiger partial charge on any atom is 0.310 e. The molecule has 0 unspecified atom stereocenters. The van der Waals surface area contributed by atoms with Crippen molar-refractivity contribution in [2.75, 3.05) is 72.7 Å². The van der Waals surface area contributed by atoms with Gasteiger partial charge in [0, 0.05) is 97.7 Å². The zero-order valence-electron chi connectivity index (χ0n) is 44.4. The largest absolute Gasteiger partial charge is 0.394 e. The molecule has 6 rings (SSSR count). The molecule has 0 saturated heterocycles. The van der Waals surface area contributed by atoms with Crippen molar-refractivity contribution in [1.29, 1.82) is 0 Å². The molecule has 3 aromatic heterocycles. The molecule has 0 saturated carbocycles. The number of allylic oxidation sites excluding steroid dienone is 1. The van der Waals surface area contributed by atoms with E-state index >= 15 is 0 Å². The number of aromatic nitrogens is 6. The number of carbonyl (C=O) groups excluding carboxylic acids is 4. The number of nitrogens with zero attached hydrogens (tertiary/aromatic N) is 9. The van der Waals surface area contributed by atoms with Gasteiger partial charge in [0.05, 0.1) is 36.9 Å². The van der Waals surface area contributed by atoms with Crippen LogP contribution in [0.25, 0.3) is 16.7 Å². The van der Waals surface area contributed by atoms with Gasteiger partial charge in [0.15, 0.2) is 0 Å². The predicted molar refractivity (Wildman–Crippen MR) is 279 cm³/mol. The van der Waals surface area contributed by atoms with Crippen molar-refractivity contribution in [3.05, 3.63) is 70.6 Å². The molecule has 3 aliphatic rings. The zero-order valence-corrected chi connectivity index (χ0v) is 44.4. The van der Waals surface area contributed by atoms with E-state index in [2.05, 4.69) is 104 Å². The van der Waals surface area contributed by atoms with Crippen molar-refractivity contribution in [2.24, 2.45) is 0 Å². The van der Waals surface area contributed by atoms with Crippen molar-refractivity contribution in [3.63, 3.8) is 0 Å². The Morgan fingerprint density at radius 2 is 0.971 bits per heavy atom. The molecule has 3 aromatic rings. The average Bonchev–Trinajstić information content (AvgIpc) is 4.12. The molecule has 394 valence electrons. The average molecular weight is 980 g/mol. The number of amides is 2. The lowest BCUT2D eigenvalue weighted by Crippen LogP contribution is -2.36. The fourth-order valence-electron chi connectivity index (χ4n) is 8.44. The highest BCUT2D eigenvalue weighted by molar-refractivity contribution is 5.82. The molecule has 5 heterocycles. The molecule has 1 aliphatic carbocycles. The van der Waals surface area contributed by atoms with Gasteiger partial charge in [-0.25, -0.2) is 0 Å². The van der Waals surface area contributed by atoms with E-state index in [9.17, 15) is 29.4 Å². The summed E-state index contributed by atoms with van der Waals surface area (Å²) in [7, 11) is 1.69. The first-order chi connectivity index (χ1) is 32.8. The second-order valence-corrected chi connectivity index (χ2v) is 18.1. The number of methoxy groups -OCH3 is 1. The quantitative estimate of drug-likeness (QED) is 0.123. The van der Waals surface area contributed by atoms with E-state index in [-0.39, 0.29) is 38.5 Å². The summed E-state index contributed by atoms with van der Waals surface area (Å²) in [6.45, 7) is 31.8. The van der Waals surface area contributed by atoms with Crippen LogP contribution >= 0.6 is 0 Å². The first kappa shape index (κ1) is 62.8. The number of hydrogen-bond donors (Lipinski definition) is 2. The monoisotopic (exact) mass is 980 g/mol. The van der Waals surface area contributed by atoms with Crippen LogP contribution in [-0.4, -0.2) is 151 Å². The van der Waals surface area contributed by atoms with Crippen LogP contribution < -0.4 is 0 Å². The van der Waals surface area contributed by atoms with E-state index in [0.29, 0.717) is 38.3 Å². The van der Waals surface area contributed by atoms with Gasteiger partial charge in [0.25, 0.3) is 0 Å². The molecule has 0 aromatic carbocycles. The van der Waals surface area contributed by atoms with E-state index in [1.165, 1.54) is 74.3 Å². The van der Waals surface area contributed by atoms with Gasteiger partial charge in [-0.15, -0.1) is 0 Å². The number of carbonyl (C=O) groups is 4. The van der Waals surface area contributed by atoms with Crippen LogP contribution in [0.1, 0.15) is 171 Å². The maximum atomic E-state index is 11.6. The highest BCUT2D eigenvalue weighted by Gasteiger charge is 2.25. The summed E-state index contributed by atoms with van der Waals surface area (Å²) < 4.78 is 15.3. The van der Waals surface area contributed by atoms with Crippen molar-refractivity contribution in [1.82, 2.24) is 44.0 Å². The van der Waals surface area contributed by atoms with Crippen molar-refractivity contribution in [3.8, 4) is 0 Å². The van der Waals surface area contributed by atoms with Crippen molar-refractivity contribution in [2.45, 2.75) is 154 Å². The Hall–Kier alpha value is -5.23. The second-order valence-electron chi connectivity index (χ2n) is 18.1. The topological polar surface area (TPSA) is 190 Å². The zero-order chi connectivity index (χ0) is 51.8. The Labute approximate surface area is 419 Å². The number of aliphatic hydroxyl groups is 2. The van der Waals surface area contributed by atoms with Gasteiger partial charge in [-0.3, -0.25) is 33.2 Å². The third-order valence-electron chi connectivity index (χ3n) is 12.1. The van der Waals surface area contributed by atoms with Crippen molar-refractivity contribution >= 4 is 40.5 Å². The lowest BCUT2D eigenvalue weighted by Gasteiger charge is -2.30. The van der Waals surface area contributed by atoms with Gasteiger partial charge < -0.3 is 34.4 Å². The Bertz CT molecular complexity index is 2140. The SMILES string of the molecule is C.CC(=O)N1CCC(CO)=C(c2ccnn2C(C)C)C1.CC(=O)OC(C)=O.CC(C)n1nccc1C1=C(CO)CCCC1.CCN(CC)CC.COCC1=C(c2ccnn2C(C)C)CCN(C(C)=O)C1. The summed E-state index contributed by atoms with van der Waals surface area (Å²) in [5.74, 6) is -0.930. The number of ether oxygens (including phenoxy) is 2. The van der Waals surface area contributed by atoms with Gasteiger partial charge >= 0.3 is 11.9 Å². The molecule has 2 amide bonds. The number of aliphatic hydroxyl groups excluding tert-OH is 2. The third kappa shape index (κ3) is 19.5. The highest BCUT2D eigenvalue weighted by atomic mass is 16.6. The Kier molecular flexibility index (Phi) is 29.3. The normalized spacial score (nSPS) is 14.8. The lowest BCUT2D eigenvalue weighted by molar-refractivity contribution is -0.156. The van der Waals surface area contributed by atoms with E-state index in [0.717, 1.165) is 54.8 Å². The summed E-state index contributed by atoms with van der Waals surface area (Å²) in [5, 5.41) is 32.0. The molecular weight excluding hydrogens is 891 g/mol. The summed E-state index contributed by atoms with van der Waals surface area (Å²) in [6.07, 6.45) is 11.6. The number of rotatable bonds is 13. The molecule has 17 nitrogen and oxygen atoms in total. The number of esters is 2. The van der Waals surface area contributed by atoms with E-state index in [4.69, 9.17) is 4.74 Å². The smallest absolute Gasteiger partial charge is 0.310 e. The minimum absolute atomic E-state index is 0. The summed E-state index contributed by atoms with van der Waals surface area (Å²) in [5.41, 5.74) is 10.4. The van der Waals surface area contributed by atoms with Gasteiger partial charge in [-0.2, -0.15) is 15.3 Å². The van der Waals surface area contributed by atoms with Gasteiger partial charge in [-0.1, -0.05) is 28.2 Å². The molecule has 70 heavy (non-hydrogen) atoms. The van der Waals surface area contributed by atoms with Crippen molar-refractivity contribution < 1.29 is 38.9 Å². The van der Waals surface area contributed by atoms with Gasteiger partial charge in [0.1, 0.15) is 0 Å². The fourth-order valence-corrected chi connectivity index (χ4v) is 8.44. The molecule has 17 heteroatoms. The maximum absolute atomic E-state index is 11.6. The standard InChI is InChI=1S/C15H23N3O2.C14H21N3O2.C13H20N2O.C6H15N.C4H6O3.CH4/c1-11(2)18-15(5-7-16-18)14-6-8-17(12(3)19)9-13(14)10-20-4;1-10(2)17-14(4-6-15-17)13-8-16(11(3)19)7-5-12(13)9-18;1-10(2)15-13(7-8-14-15)12-6-4-3-5-11(12)9-16;1-4-7(5-2)6-3;1-3(5)7-4(2)6;/h5,7,11H,6,8-10H2,1-4H3;4,6,10,18H,5,7-9H2,1-3H3;7-8,10,16H,3-6,9H2,1-2H3;4-6H2,1-3H3;1-2H3;1H4. The molecule has 2 N–H and O–H groups in total. The van der Waals surface area contributed by atoms with E-state index in [1.807, 2.05) is 37.6 Å². The van der Waals surface area contributed by atoms with Crippen LogP contribution in [-0.2, 0) is 28.7 Å². The second kappa shape index (κ2) is 32.6. The van der Waals surface area contributed by atoms with Crippen LogP contribution in [0.2, 0.25) is 0 Å². The molecule has 0 spiro atoms. The Balaban J connectivity index is 0.000000461. The Morgan fingerprint density at radius 3 is 1.33 bits per heavy atom. The molecule has 0 radical (unpaired) electrons. The molecule has 0 bridgehead atoms. The molecule has 0 fully saturated rings. The fraction of sp³-hybridized carbons (Fsp3) is 0.642. The van der Waals surface area contributed by atoms with Gasteiger partial charge in [-0.05, 0) is 151 Å². The van der Waals surface area contributed by atoms with Gasteiger partial charge in [0.2, 0.25) is 11.8 Å². The molecule has 0 atom stereocenters. The summed E-state index contributed by atoms with van der Waals surface area (Å²) >= 11 is 0. The molecular formula is C53H89N9O8. The minimum Gasteiger partial charge on any atom is -0.394 e. The van der Waals surface area contributed by atoms with Crippen LogP contribution in [0.5, 0.6) is 0 Å². The third-order valence-corrected chi connectivity index (χ3v) is 12.1. The summed E-state index contributed by atoms with van der Waals surface area (Å²) in [4.78, 5) is 48.8. The predicted octanol–water partition coefficient (Wildman–Crippen LogP) is 8.44. The minimum atomic E-state index is -0.562.